The Hall–Kier alpha value is -2.24. The van der Waals surface area contributed by atoms with Crippen LogP contribution < -0.4 is 0 Å². The van der Waals surface area contributed by atoms with E-state index in [9.17, 15) is 19.2 Å². The van der Waals surface area contributed by atoms with E-state index in [-0.39, 0.29) is 18.3 Å². The zero-order chi connectivity index (χ0) is 20.5. The quantitative estimate of drug-likeness (QED) is 0.411. The van der Waals surface area contributed by atoms with E-state index < -0.39 is 46.1 Å². The predicted molar refractivity (Wildman–Crippen MR) is 98.8 cm³/mol. The molecule has 4 rings (SSSR count). The molecular weight excluding hydrogens is 360 g/mol. The van der Waals surface area contributed by atoms with Crippen molar-refractivity contribution >= 4 is 24.0 Å². The van der Waals surface area contributed by atoms with Crippen molar-refractivity contribution in [1.82, 2.24) is 0 Å². The first-order valence-electron chi connectivity index (χ1n) is 9.83. The number of fused-ring (bicyclic) bond motifs is 2. The van der Waals surface area contributed by atoms with Gasteiger partial charge in [0.2, 0.25) is 0 Å². The van der Waals surface area contributed by atoms with E-state index in [4.69, 9.17) is 9.47 Å². The largest absolute Gasteiger partial charge is 0.464 e. The maximum atomic E-state index is 13.3. The summed E-state index contributed by atoms with van der Waals surface area (Å²) in [6, 6.07) is 0. The minimum absolute atomic E-state index is 0.0419. The lowest BCUT2D eigenvalue weighted by atomic mass is 9.46. The molecule has 2 saturated carbocycles. The highest BCUT2D eigenvalue weighted by Gasteiger charge is 2.74. The van der Waals surface area contributed by atoms with Crippen LogP contribution in [0.15, 0.2) is 24.3 Å². The van der Waals surface area contributed by atoms with Crippen LogP contribution in [0, 0.1) is 34.0 Å². The normalized spacial score (nSPS) is 43.5. The summed E-state index contributed by atoms with van der Waals surface area (Å²) in [4.78, 5) is 50.5. The van der Waals surface area contributed by atoms with Crippen molar-refractivity contribution in [3.8, 4) is 0 Å². The van der Waals surface area contributed by atoms with Gasteiger partial charge in [-0.3, -0.25) is 14.4 Å². The number of rotatable bonds is 2. The molecular formula is C22H26O6. The highest BCUT2D eigenvalue weighted by atomic mass is 16.6. The van der Waals surface area contributed by atoms with E-state index in [2.05, 4.69) is 6.58 Å². The van der Waals surface area contributed by atoms with E-state index in [1.54, 1.807) is 6.08 Å². The molecule has 3 fully saturated rings. The Bertz CT molecular complexity index is 823. The molecule has 0 N–H and O–H groups in total. The minimum Gasteiger partial charge on any atom is -0.464 e. The summed E-state index contributed by atoms with van der Waals surface area (Å²) in [5, 5.41) is 0. The Kier molecular flexibility index (Phi) is 4.01. The first-order valence-corrected chi connectivity index (χ1v) is 9.83. The first-order chi connectivity index (χ1) is 13.1. The van der Waals surface area contributed by atoms with E-state index in [0.717, 1.165) is 12.7 Å². The van der Waals surface area contributed by atoms with Crippen LogP contribution in [-0.4, -0.2) is 36.7 Å². The number of hydrogen-bond acceptors (Lipinski definition) is 6. The Balaban J connectivity index is 1.92. The predicted octanol–water partition coefficient (Wildman–Crippen LogP) is 2.41. The van der Waals surface area contributed by atoms with Gasteiger partial charge in [-0.15, -0.1) is 0 Å². The number of carbonyl (C=O) groups is 4. The molecule has 6 unspecified atom stereocenters. The lowest BCUT2D eigenvalue weighted by Gasteiger charge is -2.58. The zero-order valence-corrected chi connectivity index (χ0v) is 16.5. The second-order valence-electron chi connectivity index (χ2n) is 9.38. The number of ketones is 1. The summed E-state index contributed by atoms with van der Waals surface area (Å²) in [6.07, 6.45) is 5.11. The Labute approximate surface area is 164 Å². The Morgan fingerprint density at radius 1 is 1.29 bits per heavy atom. The topological polar surface area (TPSA) is 86.7 Å². The third kappa shape index (κ3) is 2.14. The highest BCUT2D eigenvalue weighted by Crippen LogP contribution is 2.67. The zero-order valence-electron chi connectivity index (χ0n) is 16.5. The second kappa shape index (κ2) is 5.88. The number of esters is 2. The van der Waals surface area contributed by atoms with Crippen LogP contribution in [-0.2, 0) is 28.7 Å². The summed E-state index contributed by atoms with van der Waals surface area (Å²) in [7, 11) is 0. The molecule has 6 atom stereocenters. The van der Waals surface area contributed by atoms with Gasteiger partial charge in [-0.25, -0.2) is 0 Å². The molecule has 2 spiro atoms. The summed E-state index contributed by atoms with van der Waals surface area (Å²) < 4.78 is 11.2. The molecule has 1 saturated heterocycles. The number of aldehydes is 1. The smallest absolute Gasteiger partial charge is 0.316 e. The van der Waals surface area contributed by atoms with Crippen LogP contribution >= 0.6 is 0 Å². The maximum Gasteiger partial charge on any atom is 0.316 e. The fourth-order valence-corrected chi connectivity index (χ4v) is 6.46. The average Bonchev–Trinajstić information content (AvgIpc) is 2.83. The molecule has 6 nitrogen and oxygen atoms in total. The molecule has 0 radical (unpaired) electrons. The Morgan fingerprint density at radius 2 is 2.00 bits per heavy atom. The summed E-state index contributed by atoms with van der Waals surface area (Å²) in [6.45, 7) is 9.15. The Morgan fingerprint density at radius 3 is 2.64 bits per heavy atom. The van der Waals surface area contributed by atoms with Crippen LogP contribution in [0.4, 0.5) is 0 Å². The number of hydrogen-bond donors (Lipinski definition) is 0. The van der Waals surface area contributed by atoms with Crippen LogP contribution in [0.3, 0.4) is 0 Å². The van der Waals surface area contributed by atoms with Crippen molar-refractivity contribution in [2.24, 2.45) is 34.0 Å². The van der Waals surface area contributed by atoms with Crippen molar-refractivity contribution < 1.29 is 28.7 Å². The van der Waals surface area contributed by atoms with Crippen molar-refractivity contribution in [2.45, 2.75) is 46.1 Å². The SMILES string of the molecule is C=C1C2CCC3C(C2)(C(=O)OCC32C(=O)C=CC(C)(C)C2C=O)C1OC(C)=O. The van der Waals surface area contributed by atoms with Crippen LogP contribution in [0.2, 0.25) is 0 Å². The van der Waals surface area contributed by atoms with Gasteiger partial charge in [0.1, 0.15) is 24.4 Å². The van der Waals surface area contributed by atoms with Gasteiger partial charge < -0.3 is 14.3 Å². The molecule has 0 amide bonds. The standard InChI is InChI=1S/C22H26O6/c1-12-14-5-6-15-21(9-14,18(12)28-13(2)24)19(26)27-11-22(15)16(10-23)20(3,4)8-7-17(22)25/h7-8,10,14-16,18H,1,5-6,9,11H2,2-4H3. The van der Waals surface area contributed by atoms with Crippen molar-refractivity contribution in [2.75, 3.05) is 6.61 Å². The van der Waals surface area contributed by atoms with Gasteiger partial charge in [0.25, 0.3) is 0 Å². The van der Waals surface area contributed by atoms with Gasteiger partial charge in [-0.2, -0.15) is 0 Å². The molecule has 1 heterocycles. The van der Waals surface area contributed by atoms with E-state index in [0.29, 0.717) is 18.4 Å². The average molecular weight is 386 g/mol. The third-order valence-corrected chi connectivity index (χ3v) is 7.68. The van der Waals surface area contributed by atoms with E-state index in [1.165, 1.54) is 13.0 Å². The van der Waals surface area contributed by atoms with Crippen molar-refractivity contribution in [3.05, 3.63) is 24.3 Å². The molecule has 3 aliphatic carbocycles. The van der Waals surface area contributed by atoms with Crippen LogP contribution in [0.1, 0.15) is 40.0 Å². The van der Waals surface area contributed by atoms with Crippen LogP contribution in [0.25, 0.3) is 0 Å². The molecule has 150 valence electrons. The minimum atomic E-state index is -1.15. The third-order valence-electron chi connectivity index (χ3n) is 7.68. The lowest BCUT2D eigenvalue weighted by Crippen LogP contribution is -2.66. The van der Waals surface area contributed by atoms with Crippen molar-refractivity contribution in [1.29, 1.82) is 0 Å². The van der Waals surface area contributed by atoms with Gasteiger partial charge in [0.15, 0.2) is 5.78 Å². The van der Waals surface area contributed by atoms with Gasteiger partial charge in [0.05, 0.1) is 5.41 Å². The number of allylic oxidation sites excluding steroid dienone is 2. The number of cyclic esters (lactones) is 1. The number of carbonyl (C=O) groups excluding carboxylic acids is 4. The summed E-state index contributed by atoms with van der Waals surface area (Å²) in [5.41, 5.74) is -2.12. The molecule has 28 heavy (non-hydrogen) atoms. The maximum absolute atomic E-state index is 13.3. The lowest BCUT2D eigenvalue weighted by molar-refractivity contribution is -0.214. The molecule has 0 aromatic carbocycles. The molecule has 4 aliphatic rings. The van der Waals surface area contributed by atoms with Gasteiger partial charge in [0, 0.05) is 12.8 Å². The van der Waals surface area contributed by atoms with Crippen molar-refractivity contribution in [3.63, 3.8) is 0 Å². The molecule has 0 aromatic heterocycles. The number of ether oxygens (including phenoxy) is 2. The first kappa shape index (κ1) is 19.1. The molecule has 0 aromatic rings. The van der Waals surface area contributed by atoms with E-state index in [1.807, 2.05) is 13.8 Å². The fraction of sp³-hybridized carbons (Fsp3) is 0.636. The van der Waals surface area contributed by atoms with E-state index >= 15 is 0 Å². The molecule has 1 aliphatic heterocycles. The monoisotopic (exact) mass is 386 g/mol. The fourth-order valence-electron chi connectivity index (χ4n) is 6.46. The molecule has 6 heteroatoms. The second-order valence-corrected chi connectivity index (χ2v) is 9.38. The molecule has 2 bridgehead atoms. The summed E-state index contributed by atoms with van der Waals surface area (Å²) >= 11 is 0. The van der Waals surface area contributed by atoms with Gasteiger partial charge >= 0.3 is 11.9 Å². The van der Waals surface area contributed by atoms with Crippen LogP contribution in [0.5, 0.6) is 0 Å². The highest BCUT2D eigenvalue weighted by molar-refractivity contribution is 6.00. The van der Waals surface area contributed by atoms with Gasteiger partial charge in [-0.05, 0) is 48.2 Å². The van der Waals surface area contributed by atoms with Gasteiger partial charge in [-0.1, -0.05) is 26.5 Å². The summed E-state index contributed by atoms with van der Waals surface area (Å²) in [5.74, 6) is -2.15.